The smallest absolute Gasteiger partial charge is 0.338 e. The maximum atomic E-state index is 11.8. The van der Waals surface area contributed by atoms with Crippen LogP contribution in [0.1, 0.15) is 24.2 Å². The van der Waals surface area contributed by atoms with Gasteiger partial charge >= 0.3 is 5.97 Å². The van der Waals surface area contributed by atoms with E-state index in [9.17, 15) is 14.9 Å². The maximum absolute atomic E-state index is 11.8. The molecule has 0 aliphatic carbocycles. The van der Waals surface area contributed by atoms with Gasteiger partial charge in [-0.3, -0.25) is 10.1 Å². The second-order valence-corrected chi connectivity index (χ2v) is 5.63. The minimum atomic E-state index is -0.611. The van der Waals surface area contributed by atoms with Gasteiger partial charge < -0.3 is 14.5 Å². The Balaban J connectivity index is 2.36. The second-order valence-electron chi connectivity index (χ2n) is 5.22. The van der Waals surface area contributed by atoms with Gasteiger partial charge in [-0.15, -0.1) is 0 Å². The Morgan fingerprint density at radius 3 is 2.48 bits per heavy atom. The largest absolute Gasteiger partial charge is 0.462 e. The van der Waals surface area contributed by atoms with Crippen molar-refractivity contribution >= 4 is 28.9 Å². The van der Waals surface area contributed by atoms with Crippen molar-refractivity contribution in [3.8, 4) is 0 Å². The molecule has 7 nitrogen and oxygen atoms in total. The number of hydrogen-bond acceptors (Lipinski definition) is 6. The van der Waals surface area contributed by atoms with E-state index in [1.54, 1.807) is 6.92 Å². The first-order valence-electron chi connectivity index (χ1n) is 7.60. The molecule has 1 aliphatic rings. The number of carbonyl (C=O) groups excluding carboxylic acids is 1. The lowest BCUT2D eigenvalue weighted by Gasteiger charge is -2.35. The number of piperazine rings is 1. The minimum absolute atomic E-state index is 0.0968. The monoisotopic (exact) mass is 341 g/mol. The predicted octanol–water partition coefficient (Wildman–Crippen LogP) is 2.57. The second kappa shape index (κ2) is 7.61. The molecule has 0 atom stereocenters. The number of halogens is 1. The number of likely N-dealkylation sites (N-methyl/N-ethyl adjacent to an activating group) is 1. The number of nitro benzene ring substituents is 1. The molecule has 0 aromatic heterocycles. The van der Waals surface area contributed by atoms with Gasteiger partial charge in [0.15, 0.2) is 0 Å². The lowest BCUT2D eigenvalue weighted by Crippen LogP contribution is -2.46. The van der Waals surface area contributed by atoms with Gasteiger partial charge in [0.05, 0.1) is 22.1 Å². The first-order valence-corrected chi connectivity index (χ1v) is 7.98. The number of benzene rings is 1. The molecule has 1 aliphatic heterocycles. The summed E-state index contributed by atoms with van der Waals surface area (Å²) in [5, 5.41) is 11.6. The Morgan fingerprint density at radius 2 is 1.96 bits per heavy atom. The predicted molar refractivity (Wildman–Crippen MR) is 88.4 cm³/mol. The van der Waals surface area contributed by atoms with Crippen molar-refractivity contribution < 1.29 is 14.5 Å². The van der Waals surface area contributed by atoms with E-state index >= 15 is 0 Å². The van der Waals surface area contributed by atoms with Gasteiger partial charge in [-0.1, -0.05) is 18.5 Å². The molecule has 1 aromatic carbocycles. The third-order valence-corrected chi connectivity index (χ3v) is 4.17. The molecule has 1 saturated heterocycles. The summed E-state index contributed by atoms with van der Waals surface area (Å²) >= 11 is 6.26. The molecule has 0 saturated carbocycles. The van der Waals surface area contributed by atoms with Crippen molar-refractivity contribution in [2.24, 2.45) is 0 Å². The highest BCUT2D eigenvalue weighted by molar-refractivity contribution is 6.34. The van der Waals surface area contributed by atoms with Crippen LogP contribution in [-0.4, -0.2) is 55.1 Å². The number of carbonyl (C=O) groups is 1. The molecule has 23 heavy (non-hydrogen) atoms. The van der Waals surface area contributed by atoms with Crippen LogP contribution in [-0.2, 0) is 4.74 Å². The third-order valence-electron chi connectivity index (χ3n) is 3.89. The van der Waals surface area contributed by atoms with E-state index < -0.39 is 10.9 Å². The lowest BCUT2D eigenvalue weighted by atomic mass is 10.1. The fraction of sp³-hybridized carbons (Fsp3) is 0.533. The zero-order chi connectivity index (χ0) is 17.0. The molecule has 0 N–H and O–H groups in total. The van der Waals surface area contributed by atoms with Gasteiger partial charge in [0.2, 0.25) is 0 Å². The van der Waals surface area contributed by atoms with Gasteiger partial charge in [0.1, 0.15) is 5.69 Å². The van der Waals surface area contributed by atoms with Gasteiger partial charge in [0.25, 0.3) is 5.69 Å². The average Bonchev–Trinajstić information content (AvgIpc) is 2.54. The fourth-order valence-electron chi connectivity index (χ4n) is 2.66. The van der Waals surface area contributed by atoms with Crippen molar-refractivity contribution in [1.82, 2.24) is 4.90 Å². The van der Waals surface area contributed by atoms with E-state index in [2.05, 4.69) is 11.8 Å². The SMILES string of the molecule is CCOC(=O)c1cc(Cl)c(N2CCN(CC)CC2)c([N+](=O)[O-])c1. The standard InChI is InChI=1S/C15H20ClN3O4/c1-3-17-5-7-18(8-6-17)14-12(16)9-11(15(20)23-4-2)10-13(14)19(21)22/h9-10H,3-8H2,1-2H3. The quantitative estimate of drug-likeness (QED) is 0.465. The third kappa shape index (κ3) is 3.92. The molecule has 0 bridgehead atoms. The van der Waals surface area contributed by atoms with Crippen molar-refractivity contribution in [2.75, 3.05) is 44.2 Å². The summed E-state index contributed by atoms with van der Waals surface area (Å²) < 4.78 is 4.89. The number of ether oxygens (including phenoxy) is 1. The summed E-state index contributed by atoms with van der Waals surface area (Å²) in [6.45, 7) is 7.87. The van der Waals surface area contributed by atoms with Crippen LogP contribution in [0.3, 0.4) is 0 Å². The molecule has 126 valence electrons. The fourth-order valence-corrected chi connectivity index (χ4v) is 2.99. The van der Waals surface area contributed by atoms with Gasteiger partial charge in [-0.05, 0) is 19.5 Å². The average molecular weight is 342 g/mol. The van der Waals surface area contributed by atoms with Crippen molar-refractivity contribution in [2.45, 2.75) is 13.8 Å². The van der Waals surface area contributed by atoms with E-state index in [0.29, 0.717) is 18.8 Å². The number of rotatable bonds is 5. The van der Waals surface area contributed by atoms with Crippen LogP contribution >= 0.6 is 11.6 Å². The summed E-state index contributed by atoms with van der Waals surface area (Å²) in [4.78, 5) is 26.9. The van der Waals surface area contributed by atoms with Crippen LogP contribution in [0.5, 0.6) is 0 Å². The summed E-state index contributed by atoms with van der Waals surface area (Å²) in [6, 6.07) is 2.68. The highest BCUT2D eigenvalue weighted by atomic mass is 35.5. The van der Waals surface area contributed by atoms with Crippen LogP contribution in [0.4, 0.5) is 11.4 Å². The zero-order valence-electron chi connectivity index (χ0n) is 13.2. The Bertz CT molecular complexity index is 601. The summed E-state index contributed by atoms with van der Waals surface area (Å²) in [6.07, 6.45) is 0. The van der Waals surface area contributed by atoms with Gasteiger partial charge in [0, 0.05) is 32.2 Å². The van der Waals surface area contributed by atoms with E-state index in [-0.39, 0.29) is 22.9 Å². The van der Waals surface area contributed by atoms with Crippen LogP contribution in [0, 0.1) is 10.1 Å². The van der Waals surface area contributed by atoms with E-state index in [1.807, 2.05) is 4.90 Å². The number of nitrogens with zero attached hydrogens (tertiary/aromatic N) is 3. The molecule has 1 aromatic rings. The number of hydrogen-bond donors (Lipinski definition) is 0. The molecule has 0 spiro atoms. The van der Waals surface area contributed by atoms with E-state index in [0.717, 1.165) is 19.6 Å². The maximum Gasteiger partial charge on any atom is 0.338 e. The Labute approximate surface area is 139 Å². The van der Waals surface area contributed by atoms with Crippen LogP contribution < -0.4 is 4.90 Å². The van der Waals surface area contributed by atoms with Crippen molar-refractivity contribution in [1.29, 1.82) is 0 Å². The van der Waals surface area contributed by atoms with Gasteiger partial charge in [-0.2, -0.15) is 0 Å². The normalized spacial score (nSPS) is 15.5. The molecule has 0 unspecified atom stereocenters. The van der Waals surface area contributed by atoms with Crippen molar-refractivity contribution in [3.05, 3.63) is 32.8 Å². The van der Waals surface area contributed by atoms with E-state index in [4.69, 9.17) is 16.3 Å². The summed E-state index contributed by atoms with van der Waals surface area (Å²) in [7, 11) is 0. The Kier molecular flexibility index (Phi) is 5.79. The molecule has 8 heteroatoms. The van der Waals surface area contributed by atoms with Crippen LogP contribution in [0.15, 0.2) is 12.1 Å². The molecule has 2 rings (SSSR count). The first kappa shape index (κ1) is 17.5. The lowest BCUT2D eigenvalue weighted by molar-refractivity contribution is -0.384. The van der Waals surface area contributed by atoms with Crippen molar-refractivity contribution in [3.63, 3.8) is 0 Å². The highest BCUT2D eigenvalue weighted by Gasteiger charge is 2.28. The van der Waals surface area contributed by atoms with Gasteiger partial charge in [-0.25, -0.2) is 4.79 Å². The summed E-state index contributed by atoms with van der Waals surface area (Å²) in [5.41, 5.74) is 0.311. The molecule has 0 radical (unpaired) electrons. The number of nitro groups is 1. The topological polar surface area (TPSA) is 75.9 Å². The van der Waals surface area contributed by atoms with E-state index in [1.165, 1.54) is 12.1 Å². The Morgan fingerprint density at radius 1 is 1.30 bits per heavy atom. The molecule has 1 fully saturated rings. The number of anilines is 1. The van der Waals surface area contributed by atoms with Crippen LogP contribution in [0.25, 0.3) is 0 Å². The highest BCUT2D eigenvalue weighted by Crippen LogP contribution is 2.37. The first-order chi connectivity index (χ1) is 11.0. The minimum Gasteiger partial charge on any atom is -0.462 e. The molecular formula is C15H20ClN3O4. The summed E-state index contributed by atoms with van der Waals surface area (Å²) in [5.74, 6) is -0.611. The zero-order valence-corrected chi connectivity index (χ0v) is 14.0. The molecule has 0 amide bonds. The Hall–Kier alpha value is -1.86. The number of esters is 1. The molecular weight excluding hydrogens is 322 g/mol. The van der Waals surface area contributed by atoms with Crippen LogP contribution in [0.2, 0.25) is 5.02 Å². The molecule has 1 heterocycles.